The number of rotatable bonds is 3. The summed E-state index contributed by atoms with van der Waals surface area (Å²) in [6.45, 7) is 3.68. The van der Waals surface area contributed by atoms with Crippen LogP contribution in [0.25, 0.3) is 11.4 Å². The molecule has 0 saturated carbocycles. The van der Waals surface area contributed by atoms with Crippen LogP contribution in [-0.4, -0.2) is 23.2 Å². The summed E-state index contributed by atoms with van der Waals surface area (Å²) < 4.78 is 26.3. The highest BCUT2D eigenvalue weighted by Crippen LogP contribution is 2.29. The van der Waals surface area contributed by atoms with Gasteiger partial charge in [0, 0.05) is 20.6 Å². The molecule has 2 rings (SSSR count). The molecule has 0 radical (unpaired) electrons. The van der Waals surface area contributed by atoms with Gasteiger partial charge in [-0.1, -0.05) is 31.9 Å². The number of hydrogen-bond acceptors (Lipinski definition) is 4. The maximum Gasteiger partial charge on any atom is 0.273 e. The number of nitrogens with two attached hydrogens (primary N) is 1. The Bertz CT molecular complexity index is 736. The van der Waals surface area contributed by atoms with Crippen molar-refractivity contribution in [2.75, 3.05) is 0 Å². The summed E-state index contributed by atoms with van der Waals surface area (Å²) >= 11 is 6.78. The Morgan fingerprint density at radius 2 is 1.70 bits per heavy atom. The van der Waals surface area contributed by atoms with E-state index >= 15 is 0 Å². The van der Waals surface area contributed by atoms with Gasteiger partial charge in [-0.3, -0.25) is 4.57 Å². The van der Waals surface area contributed by atoms with Crippen LogP contribution in [0.5, 0.6) is 0 Å². The minimum atomic E-state index is -3.92. The molecule has 0 atom stereocenters. The molecular formula is C11H12Br2N4O2S. The van der Waals surface area contributed by atoms with Crippen LogP contribution in [-0.2, 0) is 10.0 Å². The number of sulfonamides is 1. The summed E-state index contributed by atoms with van der Waals surface area (Å²) in [5.41, 5.74) is 0.738. The third-order valence-corrected chi connectivity index (χ3v) is 4.26. The van der Waals surface area contributed by atoms with E-state index in [2.05, 4.69) is 42.1 Å². The first kappa shape index (κ1) is 15.6. The number of hydrogen-bond donors (Lipinski definition) is 1. The van der Waals surface area contributed by atoms with Crippen LogP contribution >= 0.6 is 31.9 Å². The van der Waals surface area contributed by atoms with Crippen LogP contribution in [0.2, 0.25) is 0 Å². The first-order chi connectivity index (χ1) is 9.20. The second-order valence-electron chi connectivity index (χ2n) is 4.47. The van der Waals surface area contributed by atoms with Gasteiger partial charge in [0.15, 0.2) is 5.82 Å². The van der Waals surface area contributed by atoms with E-state index in [4.69, 9.17) is 5.14 Å². The topological polar surface area (TPSA) is 90.9 Å². The lowest BCUT2D eigenvalue weighted by Crippen LogP contribution is -2.20. The Labute approximate surface area is 133 Å². The second-order valence-corrected chi connectivity index (χ2v) is 7.76. The third kappa shape index (κ3) is 3.11. The van der Waals surface area contributed by atoms with E-state index in [0.717, 1.165) is 14.5 Å². The predicted octanol–water partition coefficient (Wildman–Crippen LogP) is 2.70. The Morgan fingerprint density at radius 3 is 2.15 bits per heavy atom. The molecule has 0 saturated heterocycles. The summed E-state index contributed by atoms with van der Waals surface area (Å²) in [5, 5.41) is 12.6. The van der Waals surface area contributed by atoms with Crippen molar-refractivity contribution in [3.8, 4) is 11.4 Å². The van der Waals surface area contributed by atoms with Crippen molar-refractivity contribution in [2.45, 2.75) is 25.0 Å². The molecule has 2 aromatic rings. The van der Waals surface area contributed by atoms with Gasteiger partial charge in [0.1, 0.15) is 0 Å². The zero-order chi connectivity index (χ0) is 15.1. The smallest absolute Gasteiger partial charge is 0.273 e. The lowest BCUT2D eigenvalue weighted by Gasteiger charge is -2.13. The number of primary sulfonamides is 1. The molecule has 0 amide bonds. The van der Waals surface area contributed by atoms with Crippen LogP contribution in [0, 0.1) is 0 Å². The molecule has 2 N–H and O–H groups in total. The Hall–Kier alpha value is -0.770. The summed E-state index contributed by atoms with van der Waals surface area (Å²) in [7, 11) is -3.92. The molecular weight excluding hydrogens is 412 g/mol. The van der Waals surface area contributed by atoms with Crippen molar-refractivity contribution in [1.29, 1.82) is 0 Å². The van der Waals surface area contributed by atoms with Crippen molar-refractivity contribution >= 4 is 41.9 Å². The average molecular weight is 424 g/mol. The molecule has 20 heavy (non-hydrogen) atoms. The van der Waals surface area contributed by atoms with Crippen molar-refractivity contribution in [3.63, 3.8) is 0 Å². The zero-order valence-electron chi connectivity index (χ0n) is 10.7. The van der Waals surface area contributed by atoms with Crippen molar-refractivity contribution < 1.29 is 8.42 Å². The maximum atomic E-state index is 11.6. The van der Waals surface area contributed by atoms with Gasteiger partial charge in [0.25, 0.3) is 15.2 Å². The Kier molecular flexibility index (Phi) is 4.33. The van der Waals surface area contributed by atoms with E-state index in [9.17, 15) is 8.42 Å². The highest BCUT2D eigenvalue weighted by molar-refractivity contribution is 9.11. The average Bonchev–Trinajstić information content (AvgIpc) is 2.71. The fourth-order valence-electron chi connectivity index (χ4n) is 1.82. The number of halogens is 2. The quantitative estimate of drug-likeness (QED) is 0.821. The minimum absolute atomic E-state index is 0.147. The van der Waals surface area contributed by atoms with Gasteiger partial charge in [0.05, 0.1) is 0 Å². The van der Waals surface area contributed by atoms with Gasteiger partial charge in [-0.25, -0.2) is 13.6 Å². The molecule has 0 aliphatic carbocycles. The molecule has 0 unspecified atom stereocenters. The Morgan fingerprint density at radius 1 is 1.15 bits per heavy atom. The normalized spacial score (nSPS) is 12.1. The SMILES string of the molecule is CC(C)n1c(-c2cc(Br)cc(Br)c2)nnc1S(N)(=O)=O. The molecule has 0 aliphatic heterocycles. The van der Waals surface area contributed by atoms with Crippen LogP contribution < -0.4 is 5.14 Å². The van der Waals surface area contributed by atoms with E-state index in [1.54, 1.807) is 0 Å². The minimum Gasteiger partial charge on any atom is -0.294 e. The molecule has 0 bridgehead atoms. The van der Waals surface area contributed by atoms with Gasteiger partial charge in [-0.05, 0) is 32.0 Å². The monoisotopic (exact) mass is 422 g/mol. The zero-order valence-corrected chi connectivity index (χ0v) is 14.7. The summed E-state index contributed by atoms with van der Waals surface area (Å²) in [6, 6.07) is 5.40. The third-order valence-electron chi connectivity index (χ3n) is 2.56. The highest BCUT2D eigenvalue weighted by Gasteiger charge is 2.24. The molecule has 1 aromatic carbocycles. The van der Waals surface area contributed by atoms with E-state index in [0.29, 0.717) is 5.82 Å². The van der Waals surface area contributed by atoms with Gasteiger partial charge in [-0.15, -0.1) is 10.2 Å². The van der Waals surface area contributed by atoms with E-state index in [1.165, 1.54) is 4.57 Å². The van der Waals surface area contributed by atoms with Gasteiger partial charge in [0.2, 0.25) is 0 Å². The largest absolute Gasteiger partial charge is 0.294 e. The van der Waals surface area contributed by atoms with Crippen LogP contribution in [0.15, 0.2) is 32.3 Å². The van der Waals surface area contributed by atoms with E-state index < -0.39 is 10.0 Å². The fraction of sp³-hybridized carbons (Fsp3) is 0.273. The van der Waals surface area contributed by atoms with Crippen LogP contribution in [0.3, 0.4) is 0 Å². The molecule has 1 heterocycles. The summed E-state index contributed by atoms with van der Waals surface area (Å²) in [6.07, 6.45) is 0. The van der Waals surface area contributed by atoms with Gasteiger partial charge < -0.3 is 0 Å². The van der Waals surface area contributed by atoms with E-state index in [1.807, 2.05) is 32.0 Å². The van der Waals surface area contributed by atoms with Gasteiger partial charge in [-0.2, -0.15) is 0 Å². The molecule has 1 aromatic heterocycles. The van der Waals surface area contributed by atoms with Crippen molar-refractivity contribution in [3.05, 3.63) is 27.1 Å². The molecule has 0 spiro atoms. The van der Waals surface area contributed by atoms with Crippen LogP contribution in [0.4, 0.5) is 0 Å². The number of aromatic nitrogens is 3. The maximum absolute atomic E-state index is 11.6. The van der Waals surface area contributed by atoms with Crippen molar-refractivity contribution in [2.24, 2.45) is 5.14 Å². The Balaban J connectivity index is 2.72. The first-order valence-corrected chi connectivity index (χ1v) is 8.77. The standard InChI is InChI=1S/C11H12Br2N4O2S/c1-6(2)17-10(15-16-11(17)20(14,18)19)7-3-8(12)5-9(13)4-7/h3-6H,1-2H3,(H2,14,18,19). The second kappa shape index (κ2) is 5.55. The summed E-state index contributed by atoms with van der Waals surface area (Å²) in [5.74, 6) is 0.450. The lowest BCUT2D eigenvalue weighted by molar-refractivity contribution is 0.524. The fourth-order valence-corrected chi connectivity index (χ4v) is 3.84. The summed E-state index contributed by atoms with van der Waals surface area (Å²) in [4.78, 5) is 0. The highest BCUT2D eigenvalue weighted by atomic mass is 79.9. The molecule has 9 heteroatoms. The predicted molar refractivity (Wildman–Crippen MR) is 82.6 cm³/mol. The van der Waals surface area contributed by atoms with E-state index in [-0.39, 0.29) is 11.2 Å². The molecule has 0 fully saturated rings. The molecule has 0 aliphatic rings. The van der Waals surface area contributed by atoms with Gasteiger partial charge >= 0.3 is 0 Å². The number of benzene rings is 1. The molecule has 108 valence electrons. The number of nitrogens with zero attached hydrogens (tertiary/aromatic N) is 3. The first-order valence-electron chi connectivity index (χ1n) is 5.64. The van der Waals surface area contributed by atoms with Crippen LogP contribution in [0.1, 0.15) is 19.9 Å². The molecule has 6 nitrogen and oxygen atoms in total. The van der Waals surface area contributed by atoms with Crippen molar-refractivity contribution in [1.82, 2.24) is 14.8 Å². The lowest BCUT2D eigenvalue weighted by atomic mass is 10.2.